The molecule has 0 fully saturated rings. The number of phenols is 1. The molecule has 3 aromatic carbocycles. The van der Waals surface area contributed by atoms with Crippen LogP contribution in [0.25, 0.3) is 0 Å². The summed E-state index contributed by atoms with van der Waals surface area (Å²) in [5, 5.41) is 13.9. The van der Waals surface area contributed by atoms with Crippen LogP contribution in [-0.4, -0.2) is 5.11 Å². The molecule has 3 rings (SSSR count). The van der Waals surface area contributed by atoms with Gasteiger partial charge in [0.15, 0.2) is 5.75 Å². The number of halogens is 3. The summed E-state index contributed by atoms with van der Waals surface area (Å²) >= 11 is 18.1. The van der Waals surface area contributed by atoms with E-state index >= 15 is 0 Å². The predicted octanol–water partition coefficient (Wildman–Crippen LogP) is 6.85. The second-order valence-electron chi connectivity index (χ2n) is 6.11. The van der Waals surface area contributed by atoms with Gasteiger partial charge in [-0.25, -0.2) is 0 Å². The van der Waals surface area contributed by atoms with E-state index in [0.717, 1.165) is 16.9 Å². The summed E-state index contributed by atoms with van der Waals surface area (Å²) in [6.45, 7) is 2.99. The zero-order valence-electron chi connectivity index (χ0n) is 14.6. The molecule has 0 aromatic heterocycles. The lowest BCUT2D eigenvalue weighted by molar-refractivity contribution is 0.302. The van der Waals surface area contributed by atoms with E-state index in [1.807, 2.05) is 30.3 Å². The second-order valence-corrected chi connectivity index (χ2v) is 7.36. The van der Waals surface area contributed by atoms with Crippen LogP contribution in [0.5, 0.6) is 11.5 Å². The molecule has 140 valence electrons. The number of hydrogen-bond acceptors (Lipinski definition) is 3. The number of phenolic OH excluding ortho intramolecular Hbond substituents is 1. The van der Waals surface area contributed by atoms with Gasteiger partial charge in [0.1, 0.15) is 12.4 Å². The van der Waals surface area contributed by atoms with Gasteiger partial charge in [-0.05, 0) is 48.4 Å². The first kappa shape index (κ1) is 19.7. The van der Waals surface area contributed by atoms with Gasteiger partial charge in [-0.1, -0.05) is 59.1 Å². The predicted molar refractivity (Wildman–Crippen MR) is 112 cm³/mol. The number of hydrogen-bond donors (Lipinski definition) is 2. The van der Waals surface area contributed by atoms with Gasteiger partial charge in [0, 0.05) is 22.8 Å². The zero-order chi connectivity index (χ0) is 19.4. The average molecular weight is 423 g/mol. The summed E-state index contributed by atoms with van der Waals surface area (Å²) in [7, 11) is 0. The molecule has 0 radical (unpaired) electrons. The van der Waals surface area contributed by atoms with Crippen LogP contribution >= 0.6 is 34.8 Å². The molecule has 3 nitrogen and oxygen atoms in total. The standard InChI is InChI=1S/C21H18Cl3NO2/c1-13-4-2-3-5-14(13)12-27-20-7-6-16(22)8-15(20)11-25-17-9-18(23)21(26)19(24)10-17/h2-10,25-26H,11-12H2,1H3. The molecule has 0 aliphatic rings. The Bertz CT molecular complexity index is 937. The molecule has 0 unspecified atom stereocenters. The largest absolute Gasteiger partial charge is 0.505 e. The van der Waals surface area contributed by atoms with Crippen LogP contribution < -0.4 is 10.1 Å². The third-order valence-electron chi connectivity index (χ3n) is 4.17. The van der Waals surface area contributed by atoms with Crippen LogP contribution in [0.1, 0.15) is 16.7 Å². The van der Waals surface area contributed by atoms with Crippen LogP contribution in [-0.2, 0) is 13.2 Å². The van der Waals surface area contributed by atoms with Crippen molar-refractivity contribution in [2.24, 2.45) is 0 Å². The number of rotatable bonds is 6. The Hall–Kier alpha value is -2.07. The molecule has 0 heterocycles. The maximum atomic E-state index is 9.67. The molecule has 0 aliphatic heterocycles. The summed E-state index contributed by atoms with van der Waals surface area (Å²) in [5.41, 5.74) is 3.90. The quantitative estimate of drug-likeness (QED) is 0.427. The van der Waals surface area contributed by atoms with Gasteiger partial charge in [0.2, 0.25) is 0 Å². The smallest absolute Gasteiger partial charge is 0.152 e. The van der Waals surface area contributed by atoms with Gasteiger partial charge in [-0.2, -0.15) is 0 Å². The summed E-state index contributed by atoms with van der Waals surface area (Å²) in [4.78, 5) is 0. The van der Waals surface area contributed by atoms with Crippen molar-refractivity contribution >= 4 is 40.5 Å². The minimum atomic E-state index is -0.131. The number of aromatic hydroxyl groups is 1. The molecule has 0 aliphatic carbocycles. The van der Waals surface area contributed by atoms with E-state index in [0.29, 0.717) is 23.9 Å². The van der Waals surface area contributed by atoms with E-state index in [2.05, 4.69) is 18.3 Å². The molecule has 3 aromatic rings. The van der Waals surface area contributed by atoms with Crippen LogP contribution in [0.3, 0.4) is 0 Å². The van der Waals surface area contributed by atoms with Crippen molar-refractivity contribution in [2.75, 3.05) is 5.32 Å². The van der Waals surface area contributed by atoms with E-state index in [1.54, 1.807) is 18.2 Å². The summed E-state index contributed by atoms with van der Waals surface area (Å²) < 4.78 is 6.02. The second kappa shape index (κ2) is 8.75. The monoisotopic (exact) mass is 421 g/mol. The Morgan fingerprint density at radius 1 is 0.926 bits per heavy atom. The first-order chi connectivity index (χ1) is 12.9. The van der Waals surface area contributed by atoms with Crippen molar-refractivity contribution in [1.82, 2.24) is 0 Å². The third-order valence-corrected chi connectivity index (χ3v) is 4.98. The van der Waals surface area contributed by atoms with Crippen LogP contribution in [0.15, 0.2) is 54.6 Å². The highest BCUT2D eigenvalue weighted by Crippen LogP contribution is 2.35. The van der Waals surface area contributed by atoms with E-state index in [9.17, 15) is 5.11 Å². The average Bonchev–Trinajstić information content (AvgIpc) is 2.64. The Morgan fingerprint density at radius 3 is 2.33 bits per heavy atom. The SMILES string of the molecule is Cc1ccccc1COc1ccc(Cl)cc1CNc1cc(Cl)c(O)c(Cl)c1. The lowest BCUT2D eigenvalue weighted by Gasteiger charge is -2.15. The fraction of sp³-hybridized carbons (Fsp3) is 0.143. The number of nitrogens with one attached hydrogen (secondary N) is 1. The number of ether oxygens (including phenoxy) is 1. The molecule has 0 spiro atoms. The highest BCUT2D eigenvalue weighted by atomic mass is 35.5. The third kappa shape index (κ3) is 5.01. The topological polar surface area (TPSA) is 41.5 Å². The lowest BCUT2D eigenvalue weighted by atomic mass is 10.1. The lowest BCUT2D eigenvalue weighted by Crippen LogP contribution is -2.04. The van der Waals surface area contributed by atoms with Crippen LogP contribution in [0.4, 0.5) is 5.69 Å². The summed E-state index contributed by atoms with van der Waals surface area (Å²) in [5.74, 6) is 0.611. The maximum Gasteiger partial charge on any atom is 0.152 e. The molecule has 0 atom stereocenters. The number of anilines is 1. The molecule has 0 bridgehead atoms. The van der Waals surface area contributed by atoms with Crippen molar-refractivity contribution < 1.29 is 9.84 Å². The van der Waals surface area contributed by atoms with E-state index in [-0.39, 0.29) is 15.8 Å². The normalized spacial score (nSPS) is 10.7. The van der Waals surface area contributed by atoms with Gasteiger partial charge in [0.05, 0.1) is 10.0 Å². The van der Waals surface area contributed by atoms with Crippen molar-refractivity contribution in [3.05, 3.63) is 86.4 Å². The van der Waals surface area contributed by atoms with E-state index in [1.165, 1.54) is 5.56 Å². The molecule has 2 N–H and O–H groups in total. The zero-order valence-corrected chi connectivity index (χ0v) is 16.9. The fourth-order valence-corrected chi connectivity index (χ4v) is 3.30. The minimum Gasteiger partial charge on any atom is -0.505 e. The molecule has 0 saturated carbocycles. The van der Waals surface area contributed by atoms with Gasteiger partial charge < -0.3 is 15.2 Å². The molecular formula is C21H18Cl3NO2. The molecule has 0 saturated heterocycles. The molecular weight excluding hydrogens is 405 g/mol. The summed E-state index contributed by atoms with van der Waals surface area (Å²) in [6.07, 6.45) is 0. The molecule has 27 heavy (non-hydrogen) atoms. The van der Waals surface area contributed by atoms with Crippen LogP contribution in [0, 0.1) is 6.92 Å². The number of benzene rings is 3. The van der Waals surface area contributed by atoms with Gasteiger partial charge >= 0.3 is 0 Å². The Morgan fingerprint density at radius 2 is 1.63 bits per heavy atom. The Kier molecular flexibility index (Phi) is 6.38. The van der Waals surface area contributed by atoms with Crippen molar-refractivity contribution in [1.29, 1.82) is 0 Å². The fourth-order valence-electron chi connectivity index (χ4n) is 2.62. The first-order valence-corrected chi connectivity index (χ1v) is 9.45. The summed E-state index contributed by atoms with van der Waals surface area (Å²) in [6, 6.07) is 16.8. The highest BCUT2D eigenvalue weighted by molar-refractivity contribution is 6.37. The maximum absolute atomic E-state index is 9.67. The van der Waals surface area contributed by atoms with Crippen LogP contribution in [0.2, 0.25) is 15.1 Å². The highest BCUT2D eigenvalue weighted by Gasteiger charge is 2.09. The van der Waals surface area contributed by atoms with E-state index in [4.69, 9.17) is 39.5 Å². The Balaban J connectivity index is 1.75. The van der Waals surface area contributed by atoms with Crippen molar-refractivity contribution in [2.45, 2.75) is 20.1 Å². The van der Waals surface area contributed by atoms with Crippen molar-refractivity contribution in [3.63, 3.8) is 0 Å². The van der Waals surface area contributed by atoms with Crippen molar-refractivity contribution in [3.8, 4) is 11.5 Å². The van der Waals surface area contributed by atoms with E-state index < -0.39 is 0 Å². The minimum absolute atomic E-state index is 0.131. The first-order valence-electron chi connectivity index (χ1n) is 8.31. The van der Waals surface area contributed by atoms with Gasteiger partial charge in [0.25, 0.3) is 0 Å². The van der Waals surface area contributed by atoms with Gasteiger partial charge in [-0.3, -0.25) is 0 Å². The van der Waals surface area contributed by atoms with Gasteiger partial charge in [-0.15, -0.1) is 0 Å². The number of aryl methyl sites for hydroxylation is 1. The Labute approximate surface area is 173 Å². The molecule has 0 amide bonds. The molecule has 6 heteroatoms.